The van der Waals surface area contributed by atoms with Crippen molar-refractivity contribution < 1.29 is 28.5 Å². The van der Waals surface area contributed by atoms with Gasteiger partial charge in [-0.1, -0.05) is 18.2 Å². The van der Waals surface area contributed by atoms with Crippen molar-refractivity contribution in [1.29, 1.82) is 0 Å². The van der Waals surface area contributed by atoms with Crippen LogP contribution in [0.3, 0.4) is 0 Å². The fourth-order valence-electron chi connectivity index (χ4n) is 2.78. The van der Waals surface area contributed by atoms with Crippen molar-refractivity contribution in [2.75, 3.05) is 24.7 Å². The smallest absolute Gasteiger partial charge is 0.212 e. The maximum absolute atomic E-state index is 3.25. The van der Waals surface area contributed by atoms with Crippen LogP contribution in [-0.2, 0) is 7.05 Å². The second-order valence-electron chi connectivity index (χ2n) is 5.51. The highest BCUT2D eigenvalue weighted by Crippen LogP contribution is 2.22. The zero-order valence-electron chi connectivity index (χ0n) is 14.2. The number of nitrogens with zero attached hydrogens (tertiary/aromatic N) is 1. The van der Waals surface area contributed by atoms with Crippen LogP contribution in [0.5, 0.6) is 0 Å². The van der Waals surface area contributed by atoms with Gasteiger partial charge in [0.15, 0.2) is 0 Å². The van der Waals surface area contributed by atoms with Crippen LogP contribution in [0.25, 0.3) is 23.1 Å². The number of benzene rings is 2. The molecule has 24 heavy (non-hydrogen) atoms. The van der Waals surface area contributed by atoms with E-state index in [1.165, 1.54) is 22.2 Å². The first-order chi connectivity index (χ1) is 11.2. The van der Waals surface area contributed by atoms with Crippen molar-refractivity contribution >= 4 is 34.4 Å². The standard InChI is InChI=1S/C20H21N3.HI/c1-21-17-11-8-15(19(14-17)22-2)9-12-18-13-10-16-6-4-5-7-20(16)23(18)3;/h4-14H,1-3H3,(H,21,22);1H. The summed E-state index contributed by atoms with van der Waals surface area (Å²) >= 11 is 0. The van der Waals surface area contributed by atoms with Gasteiger partial charge in [-0.25, -0.2) is 0 Å². The van der Waals surface area contributed by atoms with Gasteiger partial charge in [-0.15, -0.1) is 0 Å². The third-order valence-electron chi connectivity index (χ3n) is 4.16. The van der Waals surface area contributed by atoms with Gasteiger partial charge in [-0.05, 0) is 35.9 Å². The Bertz CT molecular complexity index is 872. The van der Waals surface area contributed by atoms with E-state index in [-0.39, 0.29) is 24.0 Å². The highest BCUT2D eigenvalue weighted by Gasteiger charge is 2.08. The largest absolute Gasteiger partial charge is 1.00 e. The molecule has 0 spiro atoms. The molecule has 0 aliphatic carbocycles. The molecular weight excluding hydrogens is 409 g/mol. The molecule has 0 unspecified atom stereocenters. The molecule has 0 saturated carbocycles. The van der Waals surface area contributed by atoms with E-state index in [0.29, 0.717) is 0 Å². The van der Waals surface area contributed by atoms with Gasteiger partial charge in [-0.3, -0.25) is 0 Å². The summed E-state index contributed by atoms with van der Waals surface area (Å²) in [5.41, 5.74) is 5.77. The van der Waals surface area contributed by atoms with Gasteiger partial charge in [-0.2, -0.15) is 4.57 Å². The van der Waals surface area contributed by atoms with Crippen molar-refractivity contribution in [3.8, 4) is 0 Å². The van der Waals surface area contributed by atoms with Gasteiger partial charge < -0.3 is 34.6 Å². The maximum atomic E-state index is 3.25. The third-order valence-corrected chi connectivity index (χ3v) is 4.16. The Morgan fingerprint density at radius 2 is 1.67 bits per heavy atom. The predicted octanol–water partition coefficient (Wildman–Crippen LogP) is 0.922. The first-order valence-electron chi connectivity index (χ1n) is 7.78. The third kappa shape index (κ3) is 3.70. The number of aryl methyl sites for hydroxylation is 1. The molecule has 3 aromatic rings. The van der Waals surface area contributed by atoms with Gasteiger partial charge in [0.05, 0.1) is 0 Å². The van der Waals surface area contributed by atoms with Crippen LogP contribution in [-0.4, -0.2) is 14.1 Å². The number of pyridine rings is 1. The molecule has 124 valence electrons. The first-order valence-corrected chi connectivity index (χ1v) is 7.78. The Kier molecular flexibility index (Phi) is 6.20. The van der Waals surface area contributed by atoms with Gasteiger partial charge >= 0.3 is 0 Å². The fraction of sp³-hybridized carbons (Fsp3) is 0.150. The summed E-state index contributed by atoms with van der Waals surface area (Å²) in [6.07, 6.45) is 4.30. The lowest BCUT2D eigenvalue weighted by Crippen LogP contribution is -3.00. The first kappa shape index (κ1) is 18.3. The van der Waals surface area contributed by atoms with Crippen LogP contribution in [0.1, 0.15) is 11.3 Å². The molecule has 0 radical (unpaired) electrons. The van der Waals surface area contributed by atoms with E-state index in [1.807, 2.05) is 14.1 Å². The monoisotopic (exact) mass is 431 g/mol. The normalized spacial score (nSPS) is 10.6. The molecule has 0 amide bonds. The Morgan fingerprint density at radius 3 is 2.42 bits per heavy atom. The Morgan fingerprint density at radius 1 is 0.875 bits per heavy atom. The minimum Gasteiger partial charge on any atom is -1.00 e. The number of nitrogens with one attached hydrogen (secondary N) is 2. The molecule has 3 nitrogen and oxygen atoms in total. The summed E-state index contributed by atoms with van der Waals surface area (Å²) in [6.45, 7) is 0. The molecule has 1 heterocycles. The van der Waals surface area contributed by atoms with Gasteiger partial charge in [0.25, 0.3) is 0 Å². The van der Waals surface area contributed by atoms with Crippen molar-refractivity contribution in [2.45, 2.75) is 0 Å². The topological polar surface area (TPSA) is 27.9 Å². The molecule has 0 aliphatic rings. The zero-order valence-corrected chi connectivity index (χ0v) is 16.3. The van der Waals surface area contributed by atoms with Crippen molar-refractivity contribution in [3.05, 3.63) is 65.9 Å². The minimum absolute atomic E-state index is 0. The van der Waals surface area contributed by atoms with Crippen LogP contribution in [0.15, 0.2) is 54.6 Å². The summed E-state index contributed by atoms with van der Waals surface area (Å²) in [6, 6.07) is 19.1. The molecular formula is C20H22IN3. The molecule has 0 atom stereocenters. The zero-order chi connectivity index (χ0) is 16.2. The number of rotatable bonds is 4. The molecule has 3 rings (SSSR count). The second kappa shape index (κ2) is 8.15. The summed E-state index contributed by atoms with van der Waals surface area (Å²) < 4.78 is 2.22. The number of anilines is 2. The molecule has 1 aromatic heterocycles. The van der Waals surface area contributed by atoms with E-state index < -0.39 is 0 Å². The SMILES string of the molecule is CNc1ccc(C=Cc2ccc3ccccc3[n+]2C)c(NC)c1.[I-]. The summed E-state index contributed by atoms with van der Waals surface area (Å²) in [5.74, 6) is 0. The lowest BCUT2D eigenvalue weighted by molar-refractivity contribution is -0.646. The number of halogens is 1. The minimum atomic E-state index is 0. The van der Waals surface area contributed by atoms with E-state index in [4.69, 9.17) is 0 Å². The number of hydrogen-bond acceptors (Lipinski definition) is 2. The molecule has 0 aliphatic heterocycles. The van der Waals surface area contributed by atoms with Crippen LogP contribution in [0.2, 0.25) is 0 Å². The lowest BCUT2D eigenvalue weighted by atomic mass is 10.1. The van der Waals surface area contributed by atoms with Crippen LogP contribution in [0.4, 0.5) is 11.4 Å². The molecule has 0 bridgehead atoms. The molecule has 2 aromatic carbocycles. The number of fused-ring (bicyclic) bond motifs is 1. The Hall–Kier alpha value is -2.08. The van der Waals surface area contributed by atoms with Crippen molar-refractivity contribution in [3.63, 3.8) is 0 Å². The molecule has 0 saturated heterocycles. The summed E-state index contributed by atoms with van der Waals surface area (Å²) in [5, 5.41) is 7.67. The van der Waals surface area contributed by atoms with E-state index in [1.54, 1.807) is 0 Å². The summed E-state index contributed by atoms with van der Waals surface area (Å²) in [4.78, 5) is 0. The van der Waals surface area contributed by atoms with Crippen LogP contribution >= 0.6 is 0 Å². The lowest BCUT2D eigenvalue weighted by Gasteiger charge is -2.08. The second-order valence-corrected chi connectivity index (χ2v) is 5.51. The average Bonchev–Trinajstić information content (AvgIpc) is 2.61. The van der Waals surface area contributed by atoms with Gasteiger partial charge in [0.2, 0.25) is 11.2 Å². The van der Waals surface area contributed by atoms with E-state index >= 15 is 0 Å². The van der Waals surface area contributed by atoms with Gasteiger partial charge in [0, 0.05) is 49.1 Å². The quantitative estimate of drug-likeness (QED) is 0.475. The fourth-order valence-corrected chi connectivity index (χ4v) is 2.78. The van der Waals surface area contributed by atoms with E-state index in [9.17, 15) is 0 Å². The van der Waals surface area contributed by atoms with Crippen molar-refractivity contribution in [1.82, 2.24) is 0 Å². The summed E-state index contributed by atoms with van der Waals surface area (Å²) in [7, 11) is 5.98. The number of aromatic nitrogens is 1. The maximum Gasteiger partial charge on any atom is 0.212 e. The van der Waals surface area contributed by atoms with Crippen LogP contribution < -0.4 is 39.2 Å². The molecule has 4 heteroatoms. The molecule has 2 N–H and O–H groups in total. The van der Waals surface area contributed by atoms with E-state index in [0.717, 1.165) is 11.4 Å². The molecule has 0 fully saturated rings. The highest BCUT2D eigenvalue weighted by atomic mass is 127. The average molecular weight is 431 g/mol. The number of hydrogen-bond donors (Lipinski definition) is 2. The Balaban J connectivity index is 0.00000208. The highest BCUT2D eigenvalue weighted by molar-refractivity contribution is 5.80. The van der Waals surface area contributed by atoms with Crippen LogP contribution in [0, 0.1) is 0 Å². The number of para-hydroxylation sites is 1. The van der Waals surface area contributed by atoms with Gasteiger partial charge in [0.1, 0.15) is 7.05 Å². The van der Waals surface area contributed by atoms with E-state index in [2.05, 4.69) is 89.0 Å². The Labute approximate surface area is 160 Å². The van der Waals surface area contributed by atoms with Crippen molar-refractivity contribution in [2.24, 2.45) is 7.05 Å². The predicted molar refractivity (Wildman–Crippen MR) is 99.6 cm³/mol.